The molecular weight excluding hydrogens is 884 g/mol. The summed E-state index contributed by atoms with van der Waals surface area (Å²) < 4.78 is 33.9. The molecule has 5 saturated carbocycles. The molecule has 3 heterocycles. The van der Waals surface area contributed by atoms with E-state index in [4.69, 9.17) is 28.4 Å². The molecule has 5 aliphatic carbocycles. The van der Waals surface area contributed by atoms with Crippen LogP contribution in [0.1, 0.15) is 98.8 Å². The Bertz CT molecular complexity index is 1850. The monoisotopic (exact) mass is 958 g/mol. The molecule has 20 nitrogen and oxygen atoms in total. The van der Waals surface area contributed by atoms with Crippen LogP contribution in [0.15, 0.2) is 12.2 Å². The number of fused-ring (bicyclic) bond motifs is 7. The molecule has 26 atom stereocenters. The number of carboxylic acid groups (broad SMARTS) is 1. The van der Waals surface area contributed by atoms with Gasteiger partial charge >= 0.3 is 11.9 Å². The van der Waals surface area contributed by atoms with Gasteiger partial charge in [0.05, 0.1) is 30.1 Å². The first kappa shape index (κ1) is 51.4. The molecule has 3 saturated heterocycles. The highest BCUT2D eigenvalue weighted by atomic mass is 16.8. The fourth-order valence-corrected chi connectivity index (χ4v) is 15.5. The van der Waals surface area contributed by atoms with Crippen molar-refractivity contribution in [3.05, 3.63) is 12.2 Å². The second kappa shape index (κ2) is 18.3. The highest BCUT2D eigenvalue weighted by Crippen LogP contribution is 2.77. The van der Waals surface area contributed by atoms with Gasteiger partial charge in [0.15, 0.2) is 18.9 Å². The van der Waals surface area contributed by atoms with E-state index in [9.17, 15) is 70.9 Å². The Morgan fingerprint density at radius 3 is 1.94 bits per heavy atom. The Labute approximate surface area is 389 Å². The van der Waals surface area contributed by atoms with Gasteiger partial charge in [-0.2, -0.15) is 0 Å². The summed E-state index contributed by atoms with van der Waals surface area (Å²) in [4.78, 5) is 27.8. The van der Waals surface area contributed by atoms with Gasteiger partial charge in [-0.1, -0.05) is 32.9 Å². The molecule has 8 rings (SSSR count). The molecule has 0 aromatic heterocycles. The zero-order valence-corrected chi connectivity index (χ0v) is 38.9. The van der Waals surface area contributed by atoms with Crippen LogP contribution in [0.5, 0.6) is 0 Å². The number of esters is 1. The lowest BCUT2D eigenvalue weighted by Crippen LogP contribution is -2.68. The predicted molar refractivity (Wildman–Crippen MR) is 227 cm³/mol. The fourth-order valence-electron chi connectivity index (χ4n) is 15.5. The predicted octanol–water partition coefficient (Wildman–Crippen LogP) is -0.981. The third-order valence-electron chi connectivity index (χ3n) is 19.5. The Kier molecular flexibility index (Phi) is 14.0. The number of aliphatic carboxylic acids is 1. The van der Waals surface area contributed by atoms with E-state index in [2.05, 4.69) is 27.4 Å². The normalized spacial score (nSPS) is 55.3. The van der Waals surface area contributed by atoms with E-state index in [1.54, 1.807) is 6.92 Å². The average Bonchev–Trinajstić information content (AvgIpc) is 3.69. The number of ether oxygens (including phenoxy) is 6. The van der Waals surface area contributed by atoms with Crippen molar-refractivity contribution in [3.63, 3.8) is 0 Å². The zero-order chi connectivity index (χ0) is 49.1. The van der Waals surface area contributed by atoms with Gasteiger partial charge in [0, 0.05) is 0 Å². The number of rotatable bonds is 10. The molecule has 67 heavy (non-hydrogen) atoms. The Balaban J connectivity index is 0.969. The molecule has 0 amide bonds. The molecular formula is C47H74O20. The third-order valence-corrected chi connectivity index (χ3v) is 19.5. The number of aliphatic hydroxyl groups excluding tert-OH is 11. The van der Waals surface area contributed by atoms with Crippen LogP contribution in [0.4, 0.5) is 0 Å². The lowest BCUT2D eigenvalue weighted by Gasteiger charge is -2.72. The Morgan fingerprint density at radius 1 is 0.642 bits per heavy atom. The van der Waals surface area contributed by atoms with Crippen molar-refractivity contribution in [1.29, 1.82) is 0 Å². The molecule has 0 radical (unpaired) electrons. The number of carboxylic acids is 1. The fraction of sp³-hybridized carbons (Fsp3) is 0.915. The largest absolute Gasteiger partial charge is 0.481 e. The van der Waals surface area contributed by atoms with Crippen LogP contribution in [-0.2, 0) is 38.0 Å². The maximum Gasteiger partial charge on any atom is 0.314 e. The van der Waals surface area contributed by atoms with Crippen molar-refractivity contribution >= 4 is 11.9 Å². The highest BCUT2D eigenvalue weighted by molar-refractivity contribution is 5.78. The van der Waals surface area contributed by atoms with E-state index < -0.39 is 134 Å². The quantitative estimate of drug-likeness (QED) is 0.0925. The number of hydrogen-bond acceptors (Lipinski definition) is 19. The first-order valence-electron chi connectivity index (χ1n) is 24.1. The lowest BCUT2D eigenvalue weighted by molar-refractivity contribution is -0.380. The van der Waals surface area contributed by atoms with E-state index >= 15 is 0 Å². The van der Waals surface area contributed by atoms with E-state index in [-0.39, 0.29) is 45.8 Å². The van der Waals surface area contributed by atoms with Crippen LogP contribution in [0.2, 0.25) is 0 Å². The van der Waals surface area contributed by atoms with Crippen molar-refractivity contribution < 1.29 is 99.3 Å². The van der Waals surface area contributed by atoms with Crippen molar-refractivity contribution in [2.75, 3.05) is 13.2 Å². The summed E-state index contributed by atoms with van der Waals surface area (Å²) in [6, 6.07) is 0. The Hall–Kier alpha value is -1.96. The maximum atomic E-state index is 14.9. The van der Waals surface area contributed by atoms with E-state index in [1.807, 2.05) is 6.92 Å². The zero-order valence-electron chi connectivity index (χ0n) is 38.9. The summed E-state index contributed by atoms with van der Waals surface area (Å²) in [5, 5.41) is 127. The summed E-state index contributed by atoms with van der Waals surface area (Å²) in [6.45, 7) is 13.5. The second-order valence-corrected chi connectivity index (χ2v) is 22.4. The lowest BCUT2D eigenvalue weighted by atomic mass is 9.32. The van der Waals surface area contributed by atoms with Crippen molar-refractivity contribution in [2.45, 2.75) is 197 Å². The Morgan fingerprint density at radius 2 is 1.28 bits per heavy atom. The van der Waals surface area contributed by atoms with Crippen molar-refractivity contribution in [1.82, 2.24) is 0 Å². The number of carbonyl (C=O) groups is 2. The molecule has 0 spiro atoms. The average molecular weight is 959 g/mol. The van der Waals surface area contributed by atoms with Gasteiger partial charge < -0.3 is 89.7 Å². The first-order chi connectivity index (χ1) is 31.3. The first-order valence-corrected chi connectivity index (χ1v) is 24.1. The van der Waals surface area contributed by atoms with Crippen molar-refractivity contribution in [2.24, 2.45) is 56.7 Å². The van der Waals surface area contributed by atoms with Gasteiger partial charge in [-0.15, -0.1) is 0 Å². The summed E-state index contributed by atoms with van der Waals surface area (Å²) in [6.07, 6.45) is -21.4. The minimum atomic E-state index is -1.98. The van der Waals surface area contributed by atoms with E-state index in [1.165, 1.54) is 0 Å². The summed E-state index contributed by atoms with van der Waals surface area (Å²) in [7, 11) is 0. The number of hydrogen-bond donors (Lipinski definition) is 12. The molecule has 12 N–H and O–H groups in total. The van der Waals surface area contributed by atoms with Gasteiger partial charge in [0.1, 0.15) is 67.1 Å². The third kappa shape index (κ3) is 7.78. The molecule has 0 aromatic rings. The van der Waals surface area contributed by atoms with Crippen LogP contribution in [0.3, 0.4) is 0 Å². The van der Waals surface area contributed by atoms with Crippen molar-refractivity contribution in [3.8, 4) is 0 Å². The number of carbonyl (C=O) groups excluding carboxylic acids is 1. The van der Waals surface area contributed by atoms with Crippen LogP contribution in [-0.4, -0.2) is 185 Å². The summed E-state index contributed by atoms with van der Waals surface area (Å²) >= 11 is 0. The summed E-state index contributed by atoms with van der Waals surface area (Å²) in [5.74, 6) is -1.73. The molecule has 20 heteroatoms. The van der Waals surface area contributed by atoms with E-state index in [0.717, 1.165) is 31.3 Å². The topological polar surface area (TPSA) is 332 Å². The molecule has 382 valence electrons. The number of aliphatic hydroxyl groups is 11. The van der Waals surface area contributed by atoms with Crippen LogP contribution in [0, 0.1) is 56.7 Å². The van der Waals surface area contributed by atoms with Gasteiger partial charge in [-0.05, 0) is 124 Å². The highest BCUT2D eigenvalue weighted by Gasteiger charge is 2.73. The van der Waals surface area contributed by atoms with Gasteiger partial charge in [0.2, 0.25) is 6.29 Å². The molecule has 3 aliphatic heterocycles. The molecule has 0 bridgehead atoms. The molecule has 8 aliphatic rings. The van der Waals surface area contributed by atoms with Gasteiger partial charge in [0.25, 0.3) is 0 Å². The molecule has 8 fully saturated rings. The minimum absolute atomic E-state index is 0.0218. The standard InChI is InChI=1S/C47H74O20/c1-19(2)20-9-14-47(16-15-44(4)21(27(20)47)7-8-24-43(3)12-11-26(49)46(6,41(59)60)25(43)10-13-45(24,44)5)42(61)67-39-33(55)29(51)28(50)23(64-39)18-62-38-35(57)31(53)36(22(17-48)63-38)65-40-34(56)30(52)32(54)37(58)66-40/h20-40,48-58H,1,7-18H2,2-6H3,(H,59,60). The van der Waals surface area contributed by atoms with Crippen LogP contribution < -0.4 is 0 Å². The minimum Gasteiger partial charge on any atom is -0.481 e. The summed E-state index contributed by atoms with van der Waals surface area (Å²) in [5.41, 5.74) is -2.10. The van der Waals surface area contributed by atoms with Gasteiger partial charge in [-0.25, -0.2) is 0 Å². The number of allylic oxidation sites excluding steroid dienone is 1. The molecule has 0 aromatic carbocycles. The molecule has 26 unspecified atom stereocenters. The van der Waals surface area contributed by atoms with Crippen LogP contribution in [0.25, 0.3) is 0 Å². The second-order valence-electron chi connectivity index (χ2n) is 22.4. The SMILES string of the molecule is C=C(C)C1CCC2(C(=O)OC3OC(COC4OC(CO)C(OC5OC(O)C(O)C(O)C5O)C(O)C4O)C(O)C(O)C3O)CCC3(C)C(CCC4C5(C)CCC(O)C(C)(C(=O)O)C5CCC43C)C12. The van der Waals surface area contributed by atoms with Gasteiger partial charge in [-0.3, -0.25) is 9.59 Å². The van der Waals surface area contributed by atoms with Crippen LogP contribution >= 0.6 is 0 Å². The maximum absolute atomic E-state index is 14.9. The smallest absolute Gasteiger partial charge is 0.314 e. The van der Waals surface area contributed by atoms with E-state index in [0.29, 0.717) is 38.5 Å².